The van der Waals surface area contributed by atoms with E-state index in [1.165, 1.54) is 0 Å². The number of carboxylic acid groups (broad SMARTS) is 1. The molecule has 4 heteroatoms. The number of hydrogen-bond acceptors (Lipinski definition) is 3. The van der Waals surface area contributed by atoms with Gasteiger partial charge in [-0.2, -0.15) is 0 Å². The van der Waals surface area contributed by atoms with Gasteiger partial charge in [-0.05, 0) is 5.56 Å². The summed E-state index contributed by atoms with van der Waals surface area (Å²) in [5.74, 6) is -0.884. The van der Waals surface area contributed by atoms with Crippen molar-refractivity contribution in [1.29, 1.82) is 0 Å². The van der Waals surface area contributed by atoms with Crippen LogP contribution in [0, 0.1) is 5.41 Å². The van der Waals surface area contributed by atoms with Crippen LogP contribution in [0.3, 0.4) is 0 Å². The van der Waals surface area contributed by atoms with Crippen LogP contribution in [0.1, 0.15) is 11.6 Å². The Balaban J connectivity index is 2.27. The minimum atomic E-state index is -0.943. The van der Waals surface area contributed by atoms with Crippen LogP contribution in [0.2, 0.25) is 0 Å². The van der Waals surface area contributed by atoms with E-state index in [1.54, 1.807) is 0 Å². The Morgan fingerprint density at radius 2 is 2.00 bits per heavy atom. The standard InChI is InChI=1S/C11H13NO3/c12-9(8-4-2-1-3-5-8)11(10(13)14)6-15-7-11/h1-5,9H,6-7,12H2,(H,13,14). The van der Waals surface area contributed by atoms with Crippen molar-refractivity contribution in [2.75, 3.05) is 13.2 Å². The maximum absolute atomic E-state index is 11.2. The zero-order valence-electron chi connectivity index (χ0n) is 8.22. The lowest BCUT2D eigenvalue weighted by atomic mass is 9.76. The molecule has 1 fully saturated rings. The maximum Gasteiger partial charge on any atom is 0.316 e. The van der Waals surface area contributed by atoms with E-state index >= 15 is 0 Å². The monoisotopic (exact) mass is 207 g/mol. The molecule has 3 N–H and O–H groups in total. The molecule has 0 radical (unpaired) electrons. The van der Waals surface area contributed by atoms with Crippen molar-refractivity contribution in [3.8, 4) is 0 Å². The lowest BCUT2D eigenvalue weighted by Gasteiger charge is -2.41. The van der Waals surface area contributed by atoms with E-state index in [4.69, 9.17) is 15.6 Å². The van der Waals surface area contributed by atoms with Crippen LogP contribution in [0.4, 0.5) is 0 Å². The first-order valence-electron chi connectivity index (χ1n) is 4.78. The molecule has 80 valence electrons. The average Bonchev–Trinajstić information content (AvgIpc) is 2.16. The molecule has 1 atom stereocenters. The third-order valence-corrected chi connectivity index (χ3v) is 2.90. The van der Waals surface area contributed by atoms with Gasteiger partial charge in [0.15, 0.2) is 0 Å². The molecule has 0 aliphatic carbocycles. The van der Waals surface area contributed by atoms with E-state index in [0.717, 1.165) is 5.56 Å². The number of rotatable bonds is 3. The van der Waals surface area contributed by atoms with Crippen molar-refractivity contribution >= 4 is 5.97 Å². The van der Waals surface area contributed by atoms with Crippen molar-refractivity contribution in [3.05, 3.63) is 35.9 Å². The molecule has 0 amide bonds. The first-order chi connectivity index (χ1) is 7.17. The number of aliphatic carboxylic acids is 1. The van der Waals surface area contributed by atoms with E-state index in [2.05, 4.69) is 0 Å². The SMILES string of the molecule is NC(c1ccccc1)C1(C(=O)O)COC1. The van der Waals surface area contributed by atoms with Gasteiger partial charge < -0.3 is 15.6 Å². The van der Waals surface area contributed by atoms with Crippen molar-refractivity contribution in [1.82, 2.24) is 0 Å². The quantitative estimate of drug-likeness (QED) is 0.768. The summed E-state index contributed by atoms with van der Waals surface area (Å²) in [7, 11) is 0. The molecule has 2 rings (SSSR count). The highest BCUT2D eigenvalue weighted by molar-refractivity contribution is 5.77. The van der Waals surface area contributed by atoms with Gasteiger partial charge in [-0.1, -0.05) is 30.3 Å². The van der Waals surface area contributed by atoms with E-state index < -0.39 is 17.4 Å². The second kappa shape index (κ2) is 3.64. The van der Waals surface area contributed by atoms with Crippen LogP contribution in [0.25, 0.3) is 0 Å². The number of carbonyl (C=O) groups is 1. The largest absolute Gasteiger partial charge is 0.481 e. The van der Waals surface area contributed by atoms with E-state index in [9.17, 15) is 4.79 Å². The molecule has 1 aliphatic rings. The molecule has 4 nitrogen and oxygen atoms in total. The van der Waals surface area contributed by atoms with E-state index in [-0.39, 0.29) is 13.2 Å². The van der Waals surface area contributed by atoms with Gasteiger partial charge in [0.05, 0.1) is 19.3 Å². The number of ether oxygens (including phenoxy) is 1. The fourth-order valence-corrected chi connectivity index (χ4v) is 1.74. The van der Waals surface area contributed by atoms with Crippen LogP contribution in [0.15, 0.2) is 30.3 Å². The van der Waals surface area contributed by atoms with Gasteiger partial charge >= 0.3 is 5.97 Å². The molecular weight excluding hydrogens is 194 g/mol. The Labute approximate surface area is 87.7 Å². The molecule has 15 heavy (non-hydrogen) atoms. The van der Waals surface area contributed by atoms with Gasteiger partial charge in [0.1, 0.15) is 5.41 Å². The van der Waals surface area contributed by atoms with Crippen molar-refractivity contribution in [3.63, 3.8) is 0 Å². The summed E-state index contributed by atoms with van der Waals surface area (Å²) >= 11 is 0. The Morgan fingerprint density at radius 1 is 1.40 bits per heavy atom. The van der Waals surface area contributed by atoms with Gasteiger partial charge in [0.2, 0.25) is 0 Å². The Hall–Kier alpha value is -1.39. The topological polar surface area (TPSA) is 72.6 Å². The molecule has 1 heterocycles. The second-order valence-corrected chi connectivity index (χ2v) is 3.84. The van der Waals surface area contributed by atoms with Crippen LogP contribution in [-0.2, 0) is 9.53 Å². The summed E-state index contributed by atoms with van der Waals surface area (Å²) in [6.07, 6.45) is 0. The zero-order valence-corrected chi connectivity index (χ0v) is 8.22. The molecule has 0 aromatic heterocycles. The Morgan fingerprint density at radius 3 is 2.40 bits per heavy atom. The predicted octanol–water partition coefficient (Wildman–Crippen LogP) is 0.788. The first kappa shape index (κ1) is 10.1. The maximum atomic E-state index is 11.2. The summed E-state index contributed by atoms with van der Waals surface area (Å²) in [4.78, 5) is 11.2. The smallest absolute Gasteiger partial charge is 0.316 e. The van der Waals surface area contributed by atoms with Gasteiger partial charge in [0, 0.05) is 0 Å². The third kappa shape index (κ3) is 1.52. The molecule has 1 aromatic carbocycles. The fourth-order valence-electron chi connectivity index (χ4n) is 1.74. The number of hydrogen-bond donors (Lipinski definition) is 2. The van der Waals surface area contributed by atoms with Gasteiger partial charge in [-0.25, -0.2) is 0 Å². The zero-order chi connectivity index (χ0) is 10.9. The van der Waals surface area contributed by atoms with Crippen LogP contribution in [0.5, 0.6) is 0 Å². The molecule has 1 saturated heterocycles. The van der Waals surface area contributed by atoms with E-state index in [0.29, 0.717) is 0 Å². The molecule has 0 bridgehead atoms. The second-order valence-electron chi connectivity index (χ2n) is 3.84. The normalized spacial score (nSPS) is 20.3. The van der Waals surface area contributed by atoms with Crippen molar-refractivity contribution in [2.24, 2.45) is 11.1 Å². The number of nitrogens with two attached hydrogens (primary N) is 1. The highest BCUT2D eigenvalue weighted by Crippen LogP contribution is 2.39. The third-order valence-electron chi connectivity index (χ3n) is 2.90. The summed E-state index contributed by atoms with van der Waals surface area (Å²) in [6, 6.07) is 8.75. The lowest BCUT2D eigenvalue weighted by molar-refractivity contribution is -0.184. The van der Waals surface area contributed by atoms with Crippen LogP contribution in [-0.4, -0.2) is 24.3 Å². The van der Waals surface area contributed by atoms with Crippen molar-refractivity contribution in [2.45, 2.75) is 6.04 Å². The first-order valence-corrected chi connectivity index (χ1v) is 4.78. The minimum Gasteiger partial charge on any atom is -0.481 e. The minimum absolute atomic E-state index is 0.193. The highest BCUT2D eigenvalue weighted by atomic mass is 16.5. The van der Waals surface area contributed by atoms with E-state index in [1.807, 2.05) is 30.3 Å². The number of benzene rings is 1. The summed E-state index contributed by atoms with van der Waals surface area (Å²) < 4.78 is 4.98. The lowest BCUT2D eigenvalue weighted by Crippen LogP contribution is -2.55. The highest BCUT2D eigenvalue weighted by Gasteiger charge is 2.51. The molecule has 0 spiro atoms. The molecule has 1 unspecified atom stereocenters. The fraction of sp³-hybridized carbons (Fsp3) is 0.364. The Kier molecular flexibility index (Phi) is 2.46. The molecule has 1 aliphatic heterocycles. The van der Waals surface area contributed by atoms with Crippen LogP contribution >= 0.6 is 0 Å². The van der Waals surface area contributed by atoms with Gasteiger partial charge in [0.25, 0.3) is 0 Å². The van der Waals surface area contributed by atoms with Crippen molar-refractivity contribution < 1.29 is 14.6 Å². The molecule has 1 aromatic rings. The summed E-state index contributed by atoms with van der Waals surface area (Å²) in [5, 5.41) is 9.16. The average molecular weight is 207 g/mol. The van der Waals surface area contributed by atoms with Crippen LogP contribution < -0.4 is 5.73 Å². The number of carboxylic acids is 1. The van der Waals surface area contributed by atoms with Gasteiger partial charge in [-0.3, -0.25) is 4.79 Å². The summed E-state index contributed by atoms with van der Waals surface area (Å²) in [5.41, 5.74) is 5.87. The molecule has 0 saturated carbocycles. The predicted molar refractivity (Wildman–Crippen MR) is 54.3 cm³/mol. The Bertz CT molecular complexity index is 359. The van der Waals surface area contributed by atoms with Gasteiger partial charge in [-0.15, -0.1) is 0 Å². The summed E-state index contributed by atoms with van der Waals surface area (Å²) in [6.45, 7) is 0.386. The molecular formula is C11H13NO3.